The molecule has 0 aliphatic rings. The maximum atomic E-state index is 10.4. The van der Waals surface area contributed by atoms with E-state index in [4.69, 9.17) is 4.74 Å². The smallest absolute Gasteiger partial charge is 0.120 e. The average molecular weight is 190 g/mol. The van der Waals surface area contributed by atoms with Crippen LogP contribution in [0.5, 0.6) is 5.75 Å². The van der Waals surface area contributed by atoms with E-state index in [-0.39, 0.29) is 5.92 Å². The molecule has 1 aromatic rings. The summed E-state index contributed by atoms with van der Waals surface area (Å²) in [4.78, 5) is 10.4. The van der Waals surface area contributed by atoms with Gasteiger partial charge in [-0.05, 0) is 17.7 Å². The van der Waals surface area contributed by atoms with Crippen molar-refractivity contribution in [2.75, 3.05) is 7.11 Å². The average Bonchev–Trinajstić information content (AvgIpc) is 2.26. The van der Waals surface area contributed by atoms with Gasteiger partial charge in [-0.2, -0.15) is 0 Å². The Kier molecular flexibility index (Phi) is 3.92. The first-order valence-electron chi connectivity index (χ1n) is 4.52. The van der Waals surface area contributed by atoms with Crippen LogP contribution in [0.25, 0.3) is 0 Å². The fraction of sp³-hybridized carbons (Fsp3) is 0.250. The molecule has 1 atom stereocenters. The summed E-state index contributed by atoms with van der Waals surface area (Å²) in [6, 6.07) is 7.68. The van der Waals surface area contributed by atoms with Crippen LogP contribution >= 0.6 is 0 Å². The van der Waals surface area contributed by atoms with E-state index in [0.717, 1.165) is 17.6 Å². The van der Waals surface area contributed by atoms with Crippen molar-refractivity contribution < 1.29 is 9.53 Å². The second-order valence-corrected chi connectivity index (χ2v) is 3.02. The summed E-state index contributed by atoms with van der Waals surface area (Å²) >= 11 is 0. The highest BCUT2D eigenvalue weighted by molar-refractivity contribution is 5.52. The first-order valence-corrected chi connectivity index (χ1v) is 4.52. The fourth-order valence-electron chi connectivity index (χ4n) is 1.32. The van der Waals surface area contributed by atoms with Crippen LogP contribution in [0.1, 0.15) is 17.9 Å². The van der Waals surface area contributed by atoms with Crippen LogP contribution in [0, 0.1) is 0 Å². The SMILES string of the molecule is C=CC(CC=O)c1ccc(OC)cc1. The zero-order chi connectivity index (χ0) is 10.4. The maximum Gasteiger partial charge on any atom is 0.120 e. The number of carbonyl (C=O) groups excluding carboxylic acids is 1. The zero-order valence-electron chi connectivity index (χ0n) is 8.27. The van der Waals surface area contributed by atoms with Crippen molar-refractivity contribution in [3.05, 3.63) is 42.5 Å². The second kappa shape index (κ2) is 5.22. The molecule has 2 heteroatoms. The van der Waals surface area contributed by atoms with E-state index in [0.29, 0.717) is 6.42 Å². The third-order valence-corrected chi connectivity index (χ3v) is 2.18. The molecule has 0 fully saturated rings. The first kappa shape index (κ1) is 10.5. The van der Waals surface area contributed by atoms with E-state index >= 15 is 0 Å². The number of aldehydes is 1. The molecule has 0 spiro atoms. The third-order valence-electron chi connectivity index (χ3n) is 2.18. The lowest BCUT2D eigenvalue weighted by Crippen LogP contribution is -1.95. The molecule has 0 N–H and O–H groups in total. The molecule has 0 saturated carbocycles. The molecule has 0 amide bonds. The third kappa shape index (κ3) is 2.46. The van der Waals surface area contributed by atoms with Gasteiger partial charge in [0.05, 0.1) is 7.11 Å². The number of allylic oxidation sites excluding steroid dienone is 1. The minimum absolute atomic E-state index is 0.110. The Morgan fingerprint density at radius 1 is 1.43 bits per heavy atom. The van der Waals surface area contributed by atoms with Gasteiger partial charge in [0, 0.05) is 12.3 Å². The van der Waals surface area contributed by atoms with Gasteiger partial charge >= 0.3 is 0 Å². The van der Waals surface area contributed by atoms with Crippen molar-refractivity contribution in [1.82, 2.24) is 0 Å². The molecule has 0 aliphatic carbocycles. The molecule has 1 rings (SSSR count). The number of carbonyl (C=O) groups is 1. The summed E-state index contributed by atoms with van der Waals surface area (Å²) in [7, 11) is 1.63. The van der Waals surface area contributed by atoms with Gasteiger partial charge in [0.25, 0.3) is 0 Å². The molecule has 0 bridgehead atoms. The molecule has 0 saturated heterocycles. The van der Waals surface area contributed by atoms with Gasteiger partial charge in [-0.15, -0.1) is 6.58 Å². The number of ether oxygens (including phenoxy) is 1. The lowest BCUT2D eigenvalue weighted by molar-refractivity contribution is -0.108. The van der Waals surface area contributed by atoms with E-state index < -0.39 is 0 Å². The highest BCUT2D eigenvalue weighted by Crippen LogP contribution is 2.22. The van der Waals surface area contributed by atoms with Gasteiger partial charge in [0.2, 0.25) is 0 Å². The van der Waals surface area contributed by atoms with E-state index in [1.807, 2.05) is 24.3 Å². The lowest BCUT2D eigenvalue weighted by atomic mass is 9.96. The second-order valence-electron chi connectivity index (χ2n) is 3.02. The quantitative estimate of drug-likeness (QED) is 0.527. The Morgan fingerprint density at radius 2 is 2.07 bits per heavy atom. The van der Waals surface area contributed by atoms with E-state index in [2.05, 4.69) is 6.58 Å². The Hall–Kier alpha value is -1.57. The van der Waals surface area contributed by atoms with Crippen molar-refractivity contribution in [3.8, 4) is 5.75 Å². The zero-order valence-corrected chi connectivity index (χ0v) is 8.27. The monoisotopic (exact) mass is 190 g/mol. The van der Waals surface area contributed by atoms with Gasteiger partial charge in [-0.3, -0.25) is 0 Å². The Labute approximate surface area is 84.2 Å². The standard InChI is InChI=1S/C12H14O2/c1-3-10(8-9-13)11-4-6-12(14-2)7-5-11/h3-7,9-10H,1,8H2,2H3. The predicted molar refractivity (Wildman–Crippen MR) is 56.6 cm³/mol. The minimum Gasteiger partial charge on any atom is -0.497 e. The van der Waals surface area contributed by atoms with E-state index in [9.17, 15) is 4.79 Å². The molecule has 14 heavy (non-hydrogen) atoms. The van der Waals surface area contributed by atoms with Crippen LogP contribution in [0.2, 0.25) is 0 Å². The summed E-state index contributed by atoms with van der Waals surface area (Å²) in [5.74, 6) is 0.932. The molecule has 0 aliphatic heterocycles. The largest absolute Gasteiger partial charge is 0.497 e. The van der Waals surface area contributed by atoms with E-state index in [1.165, 1.54) is 0 Å². The van der Waals surface area contributed by atoms with Crippen molar-refractivity contribution >= 4 is 6.29 Å². The topological polar surface area (TPSA) is 26.3 Å². The summed E-state index contributed by atoms with van der Waals surface area (Å²) in [5.41, 5.74) is 1.09. The number of hydrogen-bond acceptors (Lipinski definition) is 2. The number of methoxy groups -OCH3 is 1. The van der Waals surface area contributed by atoms with Crippen LogP contribution < -0.4 is 4.74 Å². The van der Waals surface area contributed by atoms with Crippen LogP contribution in [-0.2, 0) is 4.79 Å². The Bertz CT molecular complexity index is 301. The van der Waals surface area contributed by atoms with Crippen molar-refractivity contribution in [3.63, 3.8) is 0 Å². The molecule has 74 valence electrons. The molecule has 0 aromatic heterocycles. The van der Waals surface area contributed by atoms with Crippen molar-refractivity contribution in [1.29, 1.82) is 0 Å². The van der Waals surface area contributed by atoms with Crippen LogP contribution in [0.3, 0.4) is 0 Å². The van der Waals surface area contributed by atoms with Crippen LogP contribution in [0.15, 0.2) is 36.9 Å². The Balaban J connectivity index is 2.82. The van der Waals surface area contributed by atoms with Gasteiger partial charge in [0.1, 0.15) is 12.0 Å². The molecule has 1 aromatic carbocycles. The number of hydrogen-bond donors (Lipinski definition) is 0. The summed E-state index contributed by atoms with van der Waals surface area (Å²) in [6.07, 6.45) is 3.18. The predicted octanol–water partition coefficient (Wildman–Crippen LogP) is 2.55. The lowest BCUT2D eigenvalue weighted by Gasteiger charge is -2.09. The molecule has 0 radical (unpaired) electrons. The first-order chi connectivity index (χ1) is 6.81. The summed E-state index contributed by atoms with van der Waals surface area (Å²) in [6.45, 7) is 3.71. The van der Waals surface area contributed by atoms with Crippen molar-refractivity contribution in [2.45, 2.75) is 12.3 Å². The molecular weight excluding hydrogens is 176 g/mol. The molecule has 1 unspecified atom stereocenters. The maximum absolute atomic E-state index is 10.4. The van der Waals surface area contributed by atoms with Gasteiger partial charge in [-0.1, -0.05) is 18.2 Å². The van der Waals surface area contributed by atoms with Crippen molar-refractivity contribution in [2.24, 2.45) is 0 Å². The fourth-order valence-corrected chi connectivity index (χ4v) is 1.32. The number of rotatable bonds is 5. The van der Waals surface area contributed by atoms with Gasteiger partial charge < -0.3 is 9.53 Å². The molecular formula is C12H14O2. The molecule has 2 nitrogen and oxygen atoms in total. The van der Waals surface area contributed by atoms with Crippen LogP contribution in [0.4, 0.5) is 0 Å². The Morgan fingerprint density at radius 3 is 2.50 bits per heavy atom. The minimum atomic E-state index is 0.110. The molecule has 0 heterocycles. The normalized spacial score (nSPS) is 11.8. The highest BCUT2D eigenvalue weighted by atomic mass is 16.5. The van der Waals surface area contributed by atoms with Crippen LogP contribution in [-0.4, -0.2) is 13.4 Å². The van der Waals surface area contributed by atoms with Gasteiger partial charge in [0.15, 0.2) is 0 Å². The van der Waals surface area contributed by atoms with E-state index in [1.54, 1.807) is 13.2 Å². The summed E-state index contributed by atoms with van der Waals surface area (Å²) < 4.78 is 5.05. The number of benzene rings is 1. The van der Waals surface area contributed by atoms with Gasteiger partial charge in [-0.25, -0.2) is 0 Å². The highest BCUT2D eigenvalue weighted by Gasteiger charge is 2.06. The summed E-state index contributed by atoms with van der Waals surface area (Å²) in [5, 5.41) is 0.